The summed E-state index contributed by atoms with van der Waals surface area (Å²) in [5.41, 5.74) is 7.14. The maximum absolute atomic E-state index is 5.82. The molecule has 0 saturated carbocycles. The van der Waals surface area contributed by atoms with E-state index in [1.165, 1.54) is 16.3 Å². The highest BCUT2D eigenvalue weighted by molar-refractivity contribution is 14.1. The number of halogens is 1. The van der Waals surface area contributed by atoms with Crippen molar-refractivity contribution in [2.75, 3.05) is 6.54 Å². The first-order valence-corrected chi connectivity index (χ1v) is 6.10. The zero-order valence-electron chi connectivity index (χ0n) is 8.70. The van der Waals surface area contributed by atoms with Crippen LogP contribution in [0.25, 0.3) is 10.8 Å². The molecule has 0 aromatic heterocycles. The predicted octanol–water partition coefficient (Wildman–Crippen LogP) is 3.45. The van der Waals surface area contributed by atoms with E-state index in [-0.39, 0.29) is 3.42 Å². The molecule has 0 heterocycles. The van der Waals surface area contributed by atoms with Crippen molar-refractivity contribution in [1.29, 1.82) is 0 Å². The zero-order chi connectivity index (χ0) is 10.9. The van der Waals surface area contributed by atoms with E-state index in [0.717, 1.165) is 0 Å². The third kappa shape index (κ3) is 2.01. The van der Waals surface area contributed by atoms with Crippen LogP contribution in [0.2, 0.25) is 0 Å². The van der Waals surface area contributed by atoms with Gasteiger partial charge in [0.15, 0.2) is 0 Å². The third-order valence-corrected chi connectivity index (χ3v) is 3.76. The van der Waals surface area contributed by atoms with Crippen molar-refractivity contribution in [3.63, 3.8) is 0 Å². The summed E-state index contributed by atoms with van der Waals surface area (Å²) >= 11 is 2.43. The number of fused-ring (bicyclic) bond motifs is 1. The lowest BCUT2D eigenvalue weighted by Gasteiger charge is -2.22. The minimum absolute atomic E-state index is 0.0125. The van der Waals surface area contributed by atoms with Gasteiger partial charge in [-0.25, -0.2) is 0 Å². The first kappa shape index (κ1) is 10.9. The van der Waals surface area contributed by atoms with Crippen LogP contribution in [0.4, 0.5) is 0 Å². The number of benzene rings is 2. The zero-order valence-corrected chi connectivity index (χ0v) is 10.9. The second-order valence-electron chi connectivity index (χ2n) is 3.93. The molecule has 0 saturated heterocycles. The van der Waals surface area contributed by atoms with Crippen LogP contribution in [0.1, 0.15) is 12.5 Å². The van der Waals surface area contributed by atoms with Gasteiger partial charge >= 0.3 is 0 Å². The number of rotatable bonds is 2. The van der Waals surface area contributed by atoms with Gasteiger partial charge in [0.05, 0.1) is 3.42 Å². The number of hydrogen-bond acceptors (Lipinski definition) is 1. The van der Waals surface area contributed by atoms with E-state index in [0.29, 0.717) is 6.54 Å². The fourth-order valence-corrected chi connectivity index (χ4v) is 2.26. The van der Waals surface area contributed by atoms with Crippen LogP contribution in [0.3, 0.4) is 0 Å². The molecule has 0 spiro atoms. The van der Waals surface area contributed by atoms with Crippen LogP contribution in [0, 0.1) is 0 Å². The number of nitrogens with two attached hydrogens (primary N) is 1. The number of hydrogen-bond donors (Lipinski definition) is 1. The van der Waals surface area contributed by atoms with Crippen LogP contribution < -0.4 is 5.73 Å². The van der Waals surface area contributed by atoms with Gasteiger partial charge in [-0.15, -0.1) is 0 Å². The Labute approximate surface area is 104 Å². The summed E-state index contributed by atoms with van der Waals surface area (Å²) in [6, 6.07) is 14.9. The lowest BCUT2D eigenvalue weighted by atomic mass is 9.95. The Kier molecular flexibility index (Phi) is 2.98. The van der Waals surface area contributed by atoms with Crippen molar-refractivity contribution in [2.45, 2.75) is 10.3 Å². The predicted molar refractivity (Wildman–Crippen MR) is 74.4 cm³/mol. The topological polar surface area (TPSA) is 26.0 Å². The lowest BCUT2D eigenvalue weighted by molar-refractivity contribution is 0.747. The molecule has 2 aromatic carbocycles. The van der Waals surface area contributed by atoms with Crippen LogP contribution in [0.5, 0.6) is 0 Å². The maximum atomic E-state index is 5.82. The molecule has 15 heavy (non-hydrogen) atoms. The third-order valence-electron chi connectivity index (χ3n) is 2.73. The minimum atomic E-state index is 0.0125. The summed E-state index contributed by atoms with van der Waals surface area (Å²) < 4.78 is 0.0125. The molecule has 2 rings (SSSR count). The highest BCUT2D eigenvalue weighted by Gasteiger charge is 2.22. The lowest BCUT2D eigenvalue weighted by Crippen LogP contribution is -2.24. The van der Waals surface area contributed by atoms with Gasteiger partial charge in [0, 0.05) is 6.54 Å². The van der Waals surface area contributed by atoms with Crippen molar-refractivity contribution in [2.24, 2.45) is 5.73 Å². The normalized spacial score (nSPS) is 15.1. The average Bonchev–Trinajstić information content (AvgIpc) is 2.28. The average molecular weight is 311 g/mol. The van der Waals surface area contributed by atoms with E-state index >= 15 is 0 Å². The molecule has 0 bridgehead atoms. The van der Waals surface area contributed by atoms with Gasteiger partial charge in [-0.2, -0.15) is 0 Å². The smallest absolute Gasteiger partial charge is 0.0570 e. The highest BCUT2D eigenvalue weighted by Crippen LogP contribution is 2.35. The first-order chi connectivity index (χ1) is 7.15. The summed E-state index contributed by atoms with van der Waals surface area (Å²) in [5.74, 6) is 0. The van der Waals surface area contributed by atoms with Gasteiger partial charge in [-0.3, -0.25) is 0 Å². The Balaban J connectivity index is 2.71. The quantitative estimate of drug-likeness (QED) is 0.667. The summed E-state index contributed by atoms with van der Waals surface area (Å²) in [6.45, 7) is 2.83. The van der Waals surface area contributed by atoms with Crippen molar-refractivity contribution in [1.82, 2.24) is 0 Å². The van der Waals surface area contributed by atoms with Crippen LogP contribution in [-0.2, 0) is 3.42 Å². The van der Waals surface area contributed by atoms with Gasteiger partial charge in [0.1, 0.15) is 0 Å². The Morgan fingerprint density at radius 1 is 1.13 bits per heavy atom. The molecule has 0 aliphatic heterocycles. The molecule has 0 radical (unpaired) electrons. The molecule has 2 N–H and O–H groups in total. The van der Waals surface area contributed by atoms with Gasteiger partial charge in [0.2, 0.25) is 0 Å². The SMILES string of the molecule is CC(I)(CN)c1cccc2ccccc12. The standard InChI is InChI=1S/C13H14IN/c1-13(14,9-15)12-8-4-6-10-5-2-3-7-11(10)12/h2-8H,9,15H2,1H3. The second-order valence-corrected chi connectivity index (χ2v) is 6.31. The van der Waals surface area contributed by atoms with Gasteiger partial charge in [-0.1, -0.05) is 65.1 Å². The van der Waals surface area contributed by atoms with E-state index in [1.807, 2.05) is 0 Å². The molecule has 78 valence electrons. The molecule has 1 nitrogen and oxygen atoms in total. The first-order valence-electron chi connectivity index (χ1n) is 5.02. The van der Waals surface area contributed by atoms with Gasteiger partial charge in [0.25, 0.3) is 0 Å². The molecule has 1 atom stereocenters. The fraction of sp³-hybridized carbons (Fsp3) is 0.231. The maximum Gasteiger partial charge on any atom is 0.0570 e. The van der Waals surface area contributed by atoms with Crippen molar-refractivity contribution >= 4 is 33.4 Å². The van der Waals surface area contributed by atoms with E-state index in [1.54, 1.807) is 0 Å². The summed E-state index contributed by atoms with van der Waals surface area (Å²) in [6.07, 6.45) is 0. The molecule has 2 heteroatoms. The molecule has 2 aromatic rings. The molecule has 0 aliphatic carbocycles. The van der Waals surface area contributed by atoms with E-state index in [9.17, 15) is 0 Å². The van der Waals surface area contributed by atoms with Gasteiger partial charge in [-0.05, 0) is 23.3 Å². The largest absolute Gasteiger partial charge is 0.329 e. The second kappa shape index (κ2) is 4.10. The van der Waals surface area contributed by atoms with Crippen molar-refractivity contribution in [3.8, 4) is 0 Å². The summed E-state index contributed by atoms with van der Waals surface area (Å²) in [5, 5.41) is 2.59. The van der Waals surface area contributed by atoms with Crippen LogP contribution in [0.15, 0.2) is 42.5 Å². The molecule has 0 amide bonds. The van der Waals surface area contributed by atoms with Crippen molar-refractivity contribution in [3.05, 3.63) is 48.0 Å². The van der Waals surface area contributed by atoms with Crippen molar-refractivity contribution < 1.29 is 0 Å². The van der Waals surface area contributed by atoms with Crippen LogP contribution >= 0.6 is 22.6 Å². The van der Waals surface area contributed by atoms with E-state index < -0.39 is 0 Å². The van der Waals surface area contributed by atoms with E-state index in [2.05, 4.69) is 72.0 Å². The van der Waals surface area contributed by atoms with E-state index in [4.69, 9.17) is 5.73 Å². The molecule has 1 unspecified atom stereocenters. The minimum Gasteiger partial charge on any atom is -0.329 e. The highest BCUT2D eigenvalue weighted by atomic mass is 127. The van der Waals surface area contributed by atoms with Gasteiger partial charge < -0.3 is 5.73 Å². The Hall–Kier alpha value is -0.610. The Bertz CT molecular complexity index is 471. The Morgan fingerprint density at radius 3 is 2.53 bits per heavy atom. The van der Waals surface area contributed by atoms with Crippen LogP contribution in [-0.4, -0.2) is 6.54 Å². The summed E-state index contributed by atoms with van der Waals surface area (Å²) in [4.78, 5) is 0. The fourth-order valence-electron chi connectivity index (χ4n) is 1.79. The number of alkyl halides is 1. The summed E-state index contributed by atoms with van der Waals surface area (Å²) in [7, 11) is 0. The monoisotopic (exact) mass is 311 g/mol. The Morgan fingerprint density at radius 2 is 1.80 bits per heavy atom. The molecular weight excluding hydrogens is 297 g/mol. The molecular formula is C13H14IN. The molecule has 0 aliphatic rings. The molecule has 0 fully saturated rings.